The molecule has 0 radical (unpaired) electrons. The summed E-state index contributed by atoms with van der Waals surface area (Å²) in [6, 6.07) is 3.48. The van der Waals surface area contributed by atoms with Gasteiger partial charge >= 0.3 is 0 Å². The molecule has 5 heteroatoms. The largest absolute Gasteiger partial charge is 0.396 e. The van der Waals surface area contributed by atoms with Gasteiger partial charge in [0.2, 0.25) is 5.91 Å². The van der Waals surface area contributed by atoms with E-state index in [-0.39, 0.29) is 30.4 Å². The molecule has 0 saturated heterocycles. The Morgan fingerprint density at radius 1 is 1.50 bits per heavy atom. The molecule has 1 aliphatic carbocycles. The maximum Gasteiger partial charge on any atom is 0.223 e. The molecule has 3 atom stereocenters. The van der Waals surface area contributed by atoms with Crippen molar-refractivity contribution < 1.29 is 18.7 Å². The topological polar surface area (TPSA) is 49.3 Å². The van der Waals surface area contributed by atoms with E-state index in [4.69, 9.17) is 5.11 Å². The van der Waals surface area contributed by atoms with Crippen molar-refractivity contribution in [3.8, 4) is 0 Å². The first kappa shape index (κ1) is 14.9. The van der Waals surface area contributed by atoms with Crippen LogP contribution in [0.15, 0.2) is 18.2 Å². The number of halogens is 2. The molecular weight excluding hydrogens is 264 g/mol. The SMILES string of the molecule is CC(CCCO)NC(=O)C1CC1c1ccc(F)cc1F. The van der Waals surface area contributed by atoms with Gasteiger partial charge in [-0.05, 0) is 43.7 Å². The van der Waals surface area contributed by atoms with Gasteiger partial charge in [0, 0.05) is 24.6 Å². The fourth-order valence-electron chi connectivity index (χ4n) is 2.45. The van der Waals surface area contributed by atoms with E-state index >= 15 is 0 Å². The number of rotatable bonds is 6. The molecule has 1 aromatic carbocycles. The van der Waals surface area contributed by atoms with Crippen LogP contribution >= 0.6 is 0 Å². The zero-order chi connectivity index (χ0) is 14.7. The van der Waals surface area contributed by atoms with Crippen molar-refractivity contribution >= 4 is 5.91 Å². The minimum Gasteiger partial charge on any atom is -0.396 e. The van der Waals surface area contributed by atoms with Gasteiger partial charge in [-0.1, -0.05) is 6.07 Å². The third-order valence-corrected chi connectivity index (χ3v) is 3.67. The zero-order valence-corrected chi connectivity index (χ0v) is 11.4. The number of hydrogen-bond donors (Lipinski definition) is 2. The highest BCUT2D eigenvalue weighted by molar-refractivity contribution is 5.83. The molecule has 1 fully saturated rings. The summed E-state index contributed by atoms with van der Waals surface area (Å²) in [5.41, 5.74) is 0.412. The quantitative estimate of drug-likeness (QED) is 0.842. The molecule has 1 aromatic rings. The van der Waals surface area contributed by atoms with E-state index in [9.17, 15) is 13.6 Å². The second kappa shape index (κ2) is 6.31. The van der Waals surface area contributed by atoms with Crippen LogP contribution in [0.1, 0.15) is 37.7 Å². The van der Waals surface area contributed by atoms with Gasteiger partial charge in [-0.3, -0.25) is 4.79 Å². The molecule has 1 saturated carbocycles. The van der Waals surface area contributed by atoms with E-state index < -0.39 is 11.6 Å². The van der Waals surface area contributed by atoms with Crippen molar-refractivity contribution in [1.82, 2.24) is 5.32 Å². The van der Waals surface area contributed by atoms with Gasteiger partial charge in [0.25, 0.3) is 0 Å². The van der Waals surface area contributed by atoms with Gasteiger partial charge < -0.3 is 10.4 Å². The van der Waals surface area contributed by atoms with E-state index in [0.717, 1.165) is 6.07 Å². The summed E-state index contributed by atoms with van der Waals surface area (Å²) in [5, 5.41) is 11.6. The molecule has 1 amide bonds. The molecule has 0 bridgehead atoms. The Balaban J connectivity index is 1.89. The van der Waals surface area contributed by atoms with Crippen LogP contribution in [0.5, 0.6) is 0 Å². The number of nitrogens with one attached hydrogen (secondary N) is 1. The van der Waals surface area contributed by atoms with Crippen molar-refractivity contribution in [3.05, 3.63) is 35.4 Å². The Morgan fingerprint density at radius 3 is 2.90 bits per heavy atom. The Morgan fingerprint density at radius 2 is 2.25 bits per heavy atom. The number of carbonyl (C=O) groups is 1. The molecule has 0 aromatic heterocycles. The highest BCUT2D eigenvalue weighted by atomic mass is 19.1. The molecule has 1 aliphatic rings. The van der Waals surface area contributed by atoms with Gasteiger partial charge in [0.15, 0.2) is 0 Å². The molecule has 0 spiro atoms. The molecule has 2 rings (SSSR count). The average molecular weight is 283 g/mol. The lowest BCUT2D eigenvalue weighted by Gasteiger charge is -2.13. The van der Waals surface area contributed by atoms with Crippen molar-refractivity contribution in [2.45, 2.75) is 38.1 Å². The number of benzene rings is 1. The fourth-order valence-corrected chi connectivity index (χ4v) is 2.45. The van der Waals surface area contributed by atoms with Crippen LogP contribution in [0.3, 0.4) is 0 Å². The average Bonchev–Trinajstić information content (AvgIpc) is 3.16. The molecule has 20 heavy (non-hydrogen) atoms. The maximum atomic E-state index is 13.6. The fraction of sp³-hybridized carbons (Fsp3) is 0.533. The van der Waals surface area contributed by atoms with E-state index in [1.54, 1.807) is 0 Å². The van der Waals surface area contributed by atoms with Crippen molar-refractivity contribution in [2.75, 3.05) is 6.61 Å². The first-order valence-electron chi connectivity index (χ1n) is 6.89. The zero-order valence-electron chi connectivity index (χ0n) is 11.4. The third-order valence-electron chi connectivity index (χ3n) is 3.67. The van der Waals surface area contributed by atoms with Crippen molar-refractivity contribution in [1.29, 1.82) is 0 Å². The number of hydrogen-bond acceptors (Lipinski definition) is 2. The standard InChI is InChI=1S/C15H19F2NO2/c1-9(3-2-6-19)18-15(20)13-8-12(13)11-5-4-10(16)7-14(11)17/h4-5,7,9,12-13,19H,2-3,6,8H2,1H3,(H,18,20). The summed E-state index contributed by atoms with van der Waals surface area (Å²) in [6.07, 6.45) is 1.95. The van der Waals surface area contributed by atoms with E-state index in [1.165, 1.54) is 12.1 Å². The van der Waals surface area contributed by atoms with Crippen LogP contribution in [0.25, 0.3) is 0 Å². The number of carbonyl (C=O) groups excluding carboxylic acids is 1. The van der Waals surface area contributed by atoms with Crippen LogP contribution in [0.4, 0.5) is 8.78 Å². The predicted octanol–water partition coefficient (Wildman–Crippen LogP) is 2.35. The molecule has 110 valence electrons. The van der Waals surface area contributed by atoms with Crippen LogP contribution in [0, 0.1) is 17.6 Å². The first-order chi connectivity index (χ1) is 9.52. The second-order valence-corrected chi connectivity index (χ2v) is 5.39. The summed E-state index contributed by atoms with van der Waals surface area (Å²) < 4.78 is 26.4. The third kappa shape index (κ3) is 3.54. The minimum absolute atomic E-state index is 0.00559. The van der Waals surface area contributed by atoms with Gasteiger partial charge in [-0.2, -0.15) is 0 Å². The van der Waals surface area contributed by atoms with Gasteiger partial charge in [-0.25, -0.2) is 8.78 Å². The Bertz CT molecular complexity index is 493. The second-order valence-electron chi connectivity index (χ2n) is 5.39. The van der Waals surface area contributed by atoms with Crippen LogP contribution in [-0.4, -0.2) is 23.7 Å². The van der Waals surface area contributed by atoms with Crippen LogP contribution < -0.4 is 5.32 Å². The molecule has 3 nitrogen and oxygen atoms in total. The van der Waals surface area contributed by atoms with Crippen LogP contribution in [-0.2, 0) is 4.79 Å². The Kier molecular flexibility index (Phi) is 4.70. The van der Waals surface area contributed by atoms with Gasteiger partial charge in [0.05, 0.1) is 0 Å². The lowest BCUT2D eigenvalue weighted by Crippen LogP contribution is -2.34. The Hall–Kier alpha value is -1.49. The normalized spacial score (nSPS) is 22.4. The van der Waals surface area contributed by atoms with Gasteiger partial charge in [-0.15, -0.1) is 0 Å². The smallest absolute Gasteiger partial charge is 0.223 e. The minimum atomic E-state index is -0.606. The van der Waals surface area contributed by atoms with Crippen LogP contribution in [0.2, 0.25) is 0 Å². The predicted molar refractivity (Wildman–Crippen MR) is 71.1 cm³/mol. The highest BCUT2D eigenvalue weighted by Gasteiger charge is 2.45. The molecule has 0 aliphatic heterocycles. The van der Waals surface area contributed by atoms with E-state index in [1.807, 2.05) is 6.92 Å². The van der Waals surface area contributed by atoms with E-state index in [2.05, 4.69) is 5.32 Å². The summed E-state index contributed by atoms with van der Waals surface area (Å²) >= 11 is 0. The number of aliphatic hydroxyl groups is 1. The lowest BCUT2D eigenvalue weighted by atomic mass is 10.1. The Labute approximate surface area is 117 Å². The summed E-state index contributed by atoms with van der Waals surface area (Å²) in [6.45, 7) is 1.98. The molecular formula is C15H19F2NO2. The van der Waals surface area contributed by atoms with Crippen molar-refractivity contribution in [3.63, 3.8) is 0 Å². The first-order valence-corrected chi connectivity index (χ1v) is 6.89. The highest BCUT2D eigenvalue weighted by Crippen LogP contribution is 2.48. The number of amides is 1. The van der Waals surface area contributed by atoms with E-state index in [0.29, 0.717) is 24.8 Å². The molecule has 2 N–H and O–H groups in total. The summed E-state index contributed by atoms with van der Waals surface area (Å²) in [4.78, 5) is 12.0. The summed E-state index contributed by atoms with van der Waals surface area (Å²) in [5.74, 6) is -1.67. The monoisotopic (exact) mass is 283 g/mol. The van der Waals surface area contributed by atoms with Gasteiger partial charge in [0.1, 0.15) is 11.6 Å². The molecule has 0 heterocycles. The van der Waals surface area contributed by atoms with Crippen molar-refractivity contribution in [2.24, 2.45) is 5.92 Å². The summed E-state index contributed by atoms with van der Waals surface area (Å²) in [7, 11) is 0. The number of aliphatic hydroxyl groups excluding tert-OH is 1. The molecule has 3 unspecified atom stereocenters. The maximum absolute atomic E-state index is 13.6. The lowest BCUT2D eigenvalue weighted by molar-refractivity contribution is -0.123.